The Bertz CT molecular complexity index is 556. The predicted octanol–water partition coefficient (Wildman–Crippen LogP) is 2.88. The molecular formula is C16H22N2O2. The summed E-state index contributed by atoms with van der Waals surface area (Å²) in [6, 6.07) is 9.52. The summed E-state index contributed by atoms with van der Waals surface area (Å²) in [5.74, 6) is 0.702. The average molecular weight is 274 g/mol. The Morgan fingerprint density at radius 1 is 1.35 bits per heavy atom. The van der Waals surface area contributed by atoms with E-state index in [1.807, 2.05) is 24.3 Å². The lowest BCUT2D eigenvalue weighted by atomic mass is 10.0. The summed E-state index contributed by atoms with van der Waals surface area (Å²) >= 11 is 0. The number of hydrogen-bond donors (Lipinski definition) is 1. The molecule has 0 radical (unpaired) electrons. The van der Waals surface area contributed by atoms with E-state index in [0.717, 1.165) is 17.4 Å². The van der Waals surface area contributed by atoms with Gasteiger partial charge in [-0.15, -0.1) is 0 Å². The first-order chi connectivity index (χ1) is 9.49. The van der Waals surface area contributed by atoms with E-state index in [0.29, 0.717) is 18.2 Å². The third kappa shape index (κ3) is 3.20. The van der Waals surface area contributed by atoms with Crippen molar-refractivity contribution in [1.29, 1.82) is 0 Å². The fourth-order valence-electron chi connectivity index (χ4n) is 2.05. The van der Waals surface area contributed by atoms with Crippen molar-refractivity contribution in [3.8, 4) is 0 Å². The van der Waals surface area contributed by atoms with Gasteiger partial charge in [0.1, 0.15) is 5.58 Å². The van der Waals surface area contributed by atoms with Gasteiger partial charge in [-0.25, -0.2) is 0 Å². The van der Waals surface area contributed by atoms with E-state index in [-0.39, 0.29) is 11.9 Å². The van der Waals surface area contributed by atoms with E-state index < -0.39 is 0 Å². The highest BCUT2D eigenvalue weighted by Gasteiger charge is 2.17. The van der Waals surface area contributed by atoms with E-state index in [9.17, 15) is 4.79 Å². The van der Waals surface area contributed by atoms with Crippen molar-refractivity contribution in [3.05, 3.63) is 36.1 Å². The van der Waals surface area contributed by atoms with Gasteiger partial charge in [0.2, 0.25) is 0 Å². The molecule has 2 N–H and O–H groups in total. The number of rotatable bonds is 5. The number of fused-ring (bicyclic) bond motifs is 1. The van der Waals surface area contributed by atoms with Gasteiger partial charge < -0.3 is 15.1 Å². The molecule has 0 bridgehead atoms. The third-order valence-corrected chi connectivity index (χ3v) is 3.64. The lowest BCUT2D eigenvalue weighted by Crippen LogP contribution is -2.34. The molecule has 0 aliphatic rings. The van der Waals surface area contributed by atoms with Crippen molar-refractivity contribution in [2.45, 2.75) is 26.3 Å². The van der Waals surface area contributed by atoms with Gasteiger partial charge in [-0.1, -0.05) is 32.0 Å². The van der Waals surface area contributed by atoms with Crippen molar-refractivity contribution >= 4 is 16.9 Å². The van der Waals surface area contributed by atoms with Crippen LogP contribution in [0.3, 0.4) is 0 Å². The molecule has 1 amide bonds. The zero-order chi connectivity index (χ0) is 14.7. The smallest absolute Gasteiger partial charge is 0.289 e. The van der Waals surface area contributed by atoms with E-state index in [1.54, 1.807) is 18.0 Å². The van der Waals surface area contributed by atoms with Gasteiger partial charge in [0, 0.05) is 25.0 Å². The first-order valence-electron chi connectivity index (χ1n) is 6.98. The summed E-state index contributed by atoms with van der Waals surface area (Å²) in [6.07, 6.45) is 0.792. The Morgan fingerprint density at radius 3 is 2.70 bits per heavy atom. The van der Waals surface area contributed by atoms with Crippen LogP contribution in [0.5, 0.6) is 0 Å². The van der Waals surface area contributed by atoms with Crippen molar-refractivity contribution in [1.82, 2.24) is 4.90 Å². The summed E-state index contributed by atoms with van der Waals surface area (Å²) in [4.78, 5) is 14.0. The fraction of sp³-hybridized carbons (Fsp3) is 0.438. The van der Waals surface area contributed by atoms with Crippen molar-refractivity contribution in [3.63, 3.8) is 0 Å². The zero-order valence-corrected chi connectivity index (χ0v) is 12.3. The molecule has 1 aromatic carbocycles. The Morgan fingerprint density at radius 2 is 2.05 bits per heavy atom. The SMILES string of the molecule is CC(C)C(N)CCN(C)C(=O)c1cc2ccccc2o1. The van der Waals surface area contributed by atoms with Crippen LogP contribution in [0.15, 0.2) is 34.7 Å². The maximum Gasteiger partial charge on any atom is 0.289 e. The minimum atomic E-state index is -0.0999. The first kappa shape index (κ1) is 14.6. The predicted molar refractivity (Wildman–Crippen MR) is 80.6 cm³/mol. The normalized spacial score (nSPS) is 12.8. The van der Waals surface area contributed by atoms with Crippen LogP contribution in [0.4, 0.5) is 0 Å². The van der Waals surface area contributed by atoms with Crippen LogP contribution in [0.1, 0.15) is 30.8 Å². The van der Waals surface area contributed by atoms with Crippen LogP contribution in [0.25, 0.3) is 11.0 Å². The summed E-state index contributed by atoms with van der Waals surface area (Å²) in [5, 5.41) is 0.947. The Hall–Kier alpha value is -1.81. The Balaban J connectivity index is 2.03. The number of furan rings is 1. The second-order valence-electron chi connectivity index (χ2n) is 5.57. The van der Waals surface area contributed by atoms with Crippen molar-refractivity contribution in [2.24, 2.45) is 11.7 Å². The number of hydrogen-bond acceptors (Lipinski definition) is 3. The molecule has 20 heavy (non-hydrogen) atoms. The van der Waals surface area contributed by atoms with Gasteiger partial charge in [-0.05, 0) is 24.5 Å². The molecule has 0 spiro atoms. The highest BCUT2D eigenvalue weighted by molar-refractivity contribution is 5.95. The van der Waals surface area contributed by atoms with E-state index in [4.69, 9.17) is 10.2 Å². The molecule has 2 aromatic rings. The lowest BCUT2D eigenvalue weighted by molar-refractivity contribution is 0.0760. The summed E-state index contributed by atoms with van der Waals surface area (Å²) in [6.45, 7) is 4.81. The average Bonchev–Trinajstić information content (AvgIpc) is 2.87. The van der Waals surface area contributed by atoms with Gasteiger partial charge in [0.15, 0.2) is 5.76 Å². The quantitative estimate of drug-likeness (QED) is 0.912. The minimum absolute atomic E-state index is 0.0999. The second-order valence-corrected chi connectivity index (χ2v) is 5.57. The molecule has 4 heteroatoms. The topological polar surface area (TPSA) is 59.5 Å². The highest BCUT2D eigenvalue weighted by Crippen LogP contribution is 2.19. The van der Waals surface area contributed by atoms with Crippen LogP contribution in [-0.4, -0.2) is 30.4 Å². The minimum Gasteiger partial charge on any atom is -0.451 e. The van der Waals surface area contributed by atoms with Crippen LogP contribution in [0, 0.1) is 5.92 Å². The van der Waals surface area contributed by atoms with E-state index in [2.05, 4.69) is 13.8 Å². The number of nitrogens with two attached hydrogens (primary N) is 1. The van der Waals surface area contributed by atoms with Gasteiger partial charge in [-0.2, -0.15) is 0 Å². The molecule has 1 heterocycles. The number of nitrogens with zero attached hydrogens (tertiary/aromatic N) is 1. The van der Waals surface area contributed by atoms with Crippen LogP contribution in [0.2, 0.25) is 0 Å². The summed E-state index contributed by atoms with van der Waals surface area (Å²) < 4.78 is 5.58. The van der Waals surface area contributed by atoms with Gasteiger partial charge >= 0.3 is 0 Å². The van der Waals surface area contributed by atoms with Crippen LogP contribution >= 0.6 is 0 Å². The molecule has 1 aromatic heterocycles. The third-order valence-electron chi connectivity index (χ3n) is 3.64. The number of amides is 1. The molecule has 2 rings (SSSR count). The molecular weight excluding hydrogens is 252 g/mol. The van der Waals surface area contributed by atoms with Gasteiger partial charge in [0.25, 0.3) is 5.91 Å². The van der Waals surface area contributed by atoms with Crippen molar-refractivity contribution in [2.75, 3.05) is 13.6 Å². The molecule has 1 atom stereocenters. The number of carbonyl (C=O) groups excluding carboxylic acids is 1. The fourth-order valence-corrected chi connectivity index (χ4v) is 2.05. The Labute approximate surface area is 119 Å². The second kappa shape index (κ2) is 6.09. The standard InChI is InChI=1S/C16H22N2O2/c1-11(2)13(17)8-9-18(3)16(19)15-10-12-6-4-5-7-14(12)20-15/h4-7,10-11,13H,8-9,17H2,1-3H3. The summed E-state index contributed by atoms with van der Waals surface area (Å²) in [7, 11) is 1.78. The molecule has 1 unspecified atom stereocenters. The zero-order valence-electron chi connectivity index (χ0n) is 12.3. The largest absolute Gasteiger partial charge is 0.451 e. The molecule has 4 nitrogen and oxygen atoms in total. The number of para-hydroxylation sites is 1. The van der Waals surface area contributed by atoms with Crippen molar-refractivity contribution < 1.29 is 9.21 Å². The maximum absolute atomic E-state index is 12.3. The van der Waals surface area contributed by atoms with Gasteiger partial charge in [-0.3, -0.25) is 4.79 Å². The number of carbonyl (C=O) groups is 1. The van der Waals surface area contributed by atoms with Crippen LogP contribution in [-0.2, 0) is 0 Å². The molecule has 0 aliphatic heterocycles. The molecule has 0 aliphatic carbocycles. The molecule has 0 saturated carbocycles. The molecule has 0 saturated heterocycles. The number of benzene rings is 1. The molecule has 108 valence electrons. The van der Waals surface area contributed by atoms with Crippen LogP contribution < -0.4 is 5.73 Å². The maximum atomic E-state index is 12.3. The lowest BCUT2D eigenvalue weighted by Gasteiger charge is -2.20. The highest BCUT2D eigenvalue weighted by atomic mass is 16.3. The first-order valence-corrected chi connectivity index (χ1v) is 6.98. The summed E-state index contributed by atoms with van der Waals surface area (Å²) in [5.41, 5.74) is 6.74. The van der Waals surface area contributed by atoms with Gasteiger partial charge in [0.05, 0.1) is 0 Å². The molecule has 0 fully saturated rings. The van der Waals surface area contributed by atoms with E-state index in [1.165, 1.54) is 0 Å². The Kier molecular flexibility index (Phi) is 4.45. The monoisotopic (exact) mass is 274 g/mol. The van der Waals surface area contributed by atoms with E-state index >= 15 is 0 Å².